The van der Waals surface area contributed by atoms with Gasteiger partial charge in [-0.3, -0.25) is 4.98 Å². The van der Waals surface area contributed by atoms with Crippen molar-refractivity contribution in [1.82, 2.24) is 15.0 Å². The highest BCUT2D eigenvalue weighted by atomic mass is 32.2. The van der Waals surface area contributed by atoms with Crippen LogP contribution in [0.5, 0.6) is 0 Å². The Hall–Kier alpha value is -1.86. The Labute approximate surface area is 116 Å². The van der Waals surface area contributed by atoms with Crippen molar-refractivity contribution in [3.8, 4) is 0 Å². The Morgan fingerprint density at radius 1 is 1.32 bits per heavy atom. The second-order valence-electron chi connectivity index (χ2n) is 3.93. The molecule has 0 saturated carbocycles. The number of hydrogen-bond donors (Lipinski definition) is 3. The summed E-state index contributed by atoms with van der Waals surface area (Å²) in [7, 11) is 0. The molecule has 6 nitrogen and oxygen atoms in total. The van der Waals surface area contributed by atoms with Gasteiger partial charge in [0.1, 0.15) is 11.6 Å². The summed E-state index contributed by atoms with van der Waals surface area (Å²) in [6.07, 6.45) is 5.55. The highest BCUT2D eigenvalue weighted by Crippen LogP contribution is 2.17. The van der Waals surface area contributed by atoms with E-state index in [1.165, 1.54) is 17.3 Å². The number of aromatic nitrogens is 3. The summed E-state index contributed by atoms with van der Waals surface area (Å²) in [6.45, 7) is 2.72. The van der Waals surface area contributed by atoms with Gasteiger partial charge in [0.2, 0.25) is 0 Å². The number of nitrogens with two attached hydrogens (primary N) is 1. The van der Waals surface area contributed by atoms with Gasteiger partial charge >= 0.3 is 0 Å². The molecule has 2 heterocycles. The normalized spacial score (nSPS) is 10.3. The molecule has 100 valence electrons. The fourth-order valence-corrected chi connectivity index (χ4v) is 1.95. The van der Waals surface area contributed by atoms with Crippen molar-refractivity contribution in [3.05, 3.63) is 35.7 Å². The second kappa shape index (κ2) is 6.35. The number of anilines is 2. The lowest BCUT2D eigenvalue weighted by Crippen LogP contribution is -2.11. The fourth-order valence-electron chi connectivity index (χ4n) is 1.57. The van der Waals surface area contributed by atoms with Gasteiger partial charge in [-0.2, -0.15) is 0 Å². The van der Waals surface area contributed by atoms with E-state index >= 15 is 0 Å². The van der Waals surface area contributed by atoms with E-state index in [-0.39, 0.29) is 0 Å². The standard InChI is InChI=1S/C12H16N6S/c1-8-6-14-4-3-9(8)7-15-10-5-11(18-13)17-12(16-10)19-2/h3-6H,7,13H2,1-2H3,(H2,15,16,17,18). The van der Waals surface area contributed by atoms with Crippen molar-refractivity contribution in [2.75, 3.05) is 17.0 Å². The summed E-state index contributed by atoms with van der Waals surface area (Å²) in [6, 6.07) is 3.76. The third-order valence-corrected chi connectivity index (χ3v) is 3.18. The summed E-state index contributed by atoms with van der Waals surface area (Å²) in [4.78, 5) is 12.7. The SMILES string of the molecule is CSc1nc(NN)cc(NCc2ccncc2C)n1. The first-order chi connectivity index (χ1) is 9.22. The van der Waals surface area contributed by atoms with Crippen molar-refractivity contribution >= 4 is 23.4 Å². The number of nitrogens with one attached hydrogen (secondary N) is 2. The summed E-state index contributed by atoms with van der Waals surface area (Å²) in [5.41, 5.74) is 4.86. The Morgan fingerprint density at radius 2 is 2.11 bits per heavy atom. The number of aryl methyl sites for hydroxylation is 1. The molecule has 2 rings (SSSR count). The molecule has 0 aliphatic rings. The Morgan fingerprint density at radius 3 is 2.79 bits per heavy atom. The fraction of sp³-hybridized carbons (Fsp3) is 0.250. The first-order valence-electron chi connectivity index (χ1n) is 5.76. The molecule has 0 spiro atoms. The Balaban J connectivity index is 2.13. The van der Waals surface area contributed by atoms with Gasteiger partial charge in [-0.15, -0.1) is 0 Å². The van der Waals surface area contributed by atoms with Crippen LogP contribution < -0.4 is 16.6 Å². The third kappa shape index (κ3) is 3.55. The number of rotatable bonds is 5. The van der Waals surface area contributed by atoms with E-state index in [0.29, 0.717) is 17.5 Å². The number of nitrogen functional groups attached to an aromatic ring is 1. The van der Waals surface area contributed by atoms with Crippen LogP contribution in [0.1, 0.15) is 11.1 Å². The largest absolute Gasteiger partial charge is 0.366 e. The van der Waals surface area contributed by atoms with Crippen LogP contribution in [0.2, 0.25) is 0 Å². The van der Waals surface area contributed by atoms with E-state index in [9.17, 15) is 0 Å². The highest BCUT2D eigenvalue weighted by Gasteiger charge is 2.04. The molecule has 0 aromatic carbocycles. The molecule has 0 radical (unpaired) electrons. The smallest absolute Gasteiger partial charge is 0.191 e. The summed E-state index contributed by atoms with van der Waals surface area (Å²) in [5, 5.41) is 3.93. The van der Waals surface area contributed by atoms with E-state index in [2.05, 4.69) is 25.7 Å². The van der Waals surface area contributed by atoms with Gasteiger partial charge in [-0.25, -0.2) is 15.8 Å². The predicted molar refractivity (Wildman–Crippen MR) is 77.9 cm³/mol. The number of hydrazine groups is 1. The number of pyridine rings is 1. The van der Waals surface area contributed by atoms with E-state index in [1.54, 1.807) is 12.3 Å². The zero-order valence-electron chi connectivity index (χ0n) is 10.8. The molecular weight excluding hydrogens is 260 g/mol. The second-order valence-corrected chi connectivity index (χ2v) is 4.70. The number of nitrogens with zero attached hydrogens (tertiary/aromatic N) is 3. The van der Waals surface area contributed by atoms with Crippen LogP contribution in [-0.2, 0) is 6.54 Å². The maximum atomic E-state index is 5.39. The molecule has 4 N–H and O–H groups in total. The van der Waals surface area contributed by atoms with Crippen molar-refractivity contribution in [2.45, 2.75) is 18.6 Å². The Bertz CT molecular complexity index is 537. The highest BCUT2D eigenvalue weighted by molar-refractivity contribution is 7.98. The molecule has 19 heavy (non-hydrogen) atoms. The molecule has 0 unspecified atom stereocenters. The van der Waals surface area contributed by atoms with Crippen LogP contribution in [0.3, 0.4) is 0 Å². The predicted octanol–water partition coefficient (Wildman–Crippen LogP) is 1.80. The summed E-state index contributed by atoms with van der Waals surface area (Å²) < 4.78 is 0. The van der Waals surface area contributed by atoms with E-state index in [4.69, 9.17) is 5.84 Å². The first-order valence-corrected chi connectivity index (χ1v) is 6.98. The molecule has 0 saturated heterocycles. The van der Waals surface area contributed by atoms with Gasteiger partial charge in [0.05, 0.1) is 0 Å². The van der Waals surface area contributed by atoms with Crippen LogP contribution in [0, 0.1) is 6.92 Å². The van der Waals surface area contributed by atoms with Crippen molar-refractivity contribution < 1.29 is 0 Å². The monoisotopic (exact) mass is 276 g/mol. The topological polar surface area (TPSA) is 88.8 Å². The van der Waals surface area contributed by atoms with Crippen LogP contribution in [0.4, 0.5) is 11.6 Å². The van der Waals surface area contributed by atoms with E-state index in [1.807, 2.05) is 25.4 Å². The minimum absolute atomic E-state index is 0.591. The van der Waals surface area contributed by atoms with Crippen molar-refractivity contribution in [3.63, 3.8) is 0 Å². The Kier molecular flexibility index (Phi) is 4.53. The van der Waals surface area contributed by atoms with Gasteiger partial charge in [0.15, 0.2) is 5.16 Å². The van der Waals surface area contributed by atoms with E-state index < -0.39 is 0 Å². The molecule has 2 aromatic rings. The maximum absolute atomic E-state index is 5.39. The lowest BCUT2D eigenvalue weighted by Gasteiger charge is -2.10. The van der Waals surface area contributed by atoms with Crippen LogP contribution in [0.25, 0.3) is 0 Å². The average Bonchev–Trinajstić information content (AvgIpc) is 2.46. The van der Waals surface area contributed by atoms with E-state index in [0.717, 1.165) is 11.4 Å². The van der Waals surface area contributed by atoms with Crippen LogP contribution >= 0.6 is 11.8 Å². The van der Waals surface area contributed by atoms with Crippen LogP contribution in [-0.4, -0.2) is 21.2 Å². The minimum atomic E-state index is 0.591. The molecule has 7 heteroatoms. The zero-order chi connectivity index (χ0) is 13.7. The maximum Gasteiger partial charge on any atom is 0.191 e. The molecule has 0 amide bonds. The summed E-state index contributed by atoms with van der Waals surface area (Å²) >= 11 is 1.47. The molecular formula is C12H16N6S. The van der Waals surface area contributed by atoms with Crippen molar-refractivity contribution in [2.24, 2.45) is 5.84 Å². The quantitative estimate of drug-likeness (QED) is 0.332. The molecule has 0 aliphatic heterocycles. The average molecular weight is 276 g/mol. The summed E-state index contributed by atoms with van der Waals surface area (Å²) in [5.74, 6) is 6.72. The lowest BCUT2D eigenvalue weighted by atomic mass is 10.1. The molecule has 0 atom stereocenters. The number of thioether (sulfide) groups is 1. The lowest BCUT2D eigenvalue weighted by molar-refractivity contribution is 0.950. The first kappa shape index (κ1) is 13.6. The van der Waals surface area contributed by atoms with Gasteiger partial charge < -0.3 is 10.7 Å². The van der Waals surface area contributed by atoms with Crippen molar-refractivity contribution in [1.29, 1.82) is 0 Å². The van der Waals surface area contributed by atoms with Gasteiger partial charge in [0.25, 0.3) is 0 Å². The van der Waals surface area contributed by atoms with Gasteiger partial charge in [0, 0.05) is 25.0 Å². The van der Waals surface area contributed by atoms with Crippen LogP contribution in [0.15, 0.2) is 29.7 Å². The molecule has 0 bridgehead atoms. The molecule has 0 fully saturated rings. The minimum Gasteiger partial charge on any atom is -0.366 e. The molecule has 2 aromatic heterocycles. The number of hydrogen-bond acceptors (Lipinski definition) is 7. The third-order valence-electron chi connectivity index (χ3n) is 2.63. The molecule has 0 aliphatic carbocycles. The van der Waals surface area contributed by atoms with Gasteiger partial charge in [-0.1, -0.05) is 11.8 Å². The zero-order valence-corrected chi connectivity index (χ0v) is 11.7. The van der Waals surface area contributed by atoms with Gasteiger partial charge in [-0.05, 0) is 30.4 Å².